The van der Waals surface area contributed by atoms with Crippen LogP contribution in [0.4, 0.5) is 0 Å². The molecule has 1 heterocycles. The monoisotopic (exact) mass is 297 g/mol. The van der Waals surface area contributed by atoms with Gasteiger partial charge in [-0.1, -0.05) is 6.07 Å². The van der Waals surface area contributed by atoms with Crippen molar-refractivity contribution in [3.05, 3.63) is 29.6 Å². The summed E-state index contributed by atoms with van der Waals surface area (Å²) in [5.41, 5.74) is 7.94. The zero-order valence-electron chi connectivity index (χ0n) is 12.1. The molecule has 2 saturated carbocycles. The van der Waals surface area contributed by atoms with Gasteiger partial charge in [0.25, 0.3) is 0 Å². The van der Waals surface area contributed by atoms with Crippen LogP contribution in [0.25, 0.3) is 0 Å². The fraction of sp³-hybridized carbons (Fsp3) is 0.643. The van der Waals surface area contributed by atoms with Crippen LogP contribution in [0.5, 0.6) is 0 Å². The Labute approximate surface area is 122 Å². The Balaban J connectivity index is 0.000000452. The summed E-state index contributed by atoms with van der Waals surface area (Å²) >= 11 is 0. The maximum atomic E-state index is 11.6. The molecule has 0 aliphatic heterocycles. The third-order valence-electron chi connectivity index (χ3n) is 3.37. The highest BCUT2D eigenvalue weighted by molar-refractivity contribution is 7.83. The lowest BCUT2D eigenvalue weighted by Gasteiger charge is -2.09. The van der Waals surface area contributed by atoms with Crippen LogP contribution in [-0.4, -0.2) is 28.7 Å². The molecular formula is C14H23N3O2S. The van der Waals surface area contributed by atoms with Crippen LogP contribution >= 0.6 is 0 Å². The zero-order chi connectivity index (χ0) is 14.6. The van der Waals surface area contributed by atoms with Gasteiger partial charge in [0, 0.05) is 32.2 Å². The van der Waals surface area contributed by atoms with Crippen molar-refractivity contribution in [3.63, 3.8) is 0 Å². The Morgan fingerprint density at radius 3 is 2.55 bits per heavy atom. The largest absolute Gasteiger partial charge is 0.388 e. The zero-order valence-corrected chi connectivity index (χ0v) is 12.9. The number of nitrogens with two attached hydrogens (primary N) is 1. The fourth-order valence-electron chi connectivity index (χ4n) is 1.77. The molecule has 0 aromatic carbocycles. The standard InChI is InChI=1S/C12H17N3OS.C2H6O/c13-12(5-6-12)11-4-1-9(7-14-11)8-15-17(16)10-2-3-10;1-3-2/h1,4,7,10,15H,2-3,5-6,8,13H2;1-2H3. The van der Waals surface area contributed by atoms with Gasteiger partial charge in [-0.3, -0.25) is 4.98 Å². The van der Waals surface area contributed by atoms with Crippen LogP contribution in [-0.2, 0) is 27.8 Å². The summed E-state index contributed by atoms with van der Waals surface area (Å²) in [6.07, 6.45) is 6.07. The Morgan fingerprint density at radius 2 is 2.10 bits per heavy atom. The van der Waals surface area contributed by atoms with E-state index in [0.717, 1.165) is 36.9 Å². The second kappa shape index (κ2) is 6.76. The van der Waals surface area contributed by atoms with E-state index in [0.29, 0.717) is 11.8 Å². The number of hydrogen-bond acceptors (Lipinski definition) is 4. The maximum Gasteiger partial charge on any atom is 0.0950 e. The van der Waals surface area contributed by atoms with E-state index >= 15 is 0 Å². The number of pyridine rings is 1. The number of aromatic nitrogens is 1. The van der Waals surface area contributed by atoms with E-state index in [1.807, 2.05) is 18.3 Å². The van der Waals surface area contributed by atoms with Gasteiger partial charge in [-0.15, -0.1) is 0 Å². The van der Waals surface area contributed by atoms with Gasteiger partial charge in [0.05, 0.1) is 22.2 Å². The van der Waals surface area contributed by atoms with Crippen molar-refractivity contribution >= 4 is 11.0 Å². The first kappa shape index (κ1) is 15.6. The van der Waals surface area contributed by atoms with E-state index in [1.165, 1.54) is 0 Å². The first-order valence-electron chi connectivity index (χ1n) is 6.87. The van der Waals surface area contributed by atoms with Gasteiger partial charge in [0.1, 0.15) is 0 Å². The summed E-state index contributed by atoms with van der Waals surface area (Å²) in [7, 11) is 2.38. The van der Waals surface area contributed by atoms with Crippen molar-refractivity contribution in [3.8, 4) is 0 Å². The minimum Gasteiger partial charge on any atom is -0.388 e. The summed E-state index contributed by atoms with van der Waals surface area (Å²) in [4.78, 5) is 4.39. The highest BCUT2D eigenvalue weighted by atomic mass is 32.2. The minimum atomic E-state index is -0.874. The van der Waals surface area contributed by atoms with Crippen LogP contribution < -0.4 is 10.5 Å². The topological polar surface area (TPSA) is 77.2 Å². The van der Waals surface area contributed by atoms with Gasteiger partial charge in [-0.25, -0.2) is 8.93 Å². The second-order valence-corrected chi connectivity index (χ2v) is 6.98. The number of nitrogens with zero attached hydrogens (tertiary/aromatic N) is 1. The van der Waals surface area contributed by atoms with Crippen LogP contribution in [0.2, 0.25) is 0 Å². The third-order valence-corrected chi connectivity index (χ3v) is 4.87. The summed E-state index contributed by atoms with van der Waals surface area (Å²) < 4.78 is 18.9. The molecular weight excluding hydrogens is 274 g/mol. The Morgan fingerprint density at radius 1 is 1.45 bits per heavy atom. The molecule has 20 heavy (non-hydrogen) atoms. The second-order valence-electron chi connectivity index (χ2n) is 5.43. The summed E-state index contributed by atoms with van der Waals surface area (Å²) in [6, 6.07) is 4.01. The lowest BCUT2D eigenvalue weighted by atomic mass is 10.1. The Kier molecular flexibility index (Phi) is 5.26. The van der Waals surface area contributed by atoms with E-state index < -0.39 is 11.0 Å². The molecule has 0 spiro atoms. The van der Waals surface area contributed by atoms with E-state index in [4.69, 9.17) is 5.73 Å². The van der Waals surface area contributed by atoms with Gasteiger partial charge in [-0.05, 0) is 37.3 Å². The van der Waals surface area contributed by atoms with Crippen LogP contribution in [0, 0.1) is 0 Å². The fourth-order valence-corrected chi connectivity index (χ4v) is 2.88. The molecule has 0 saturated heterocycles. The predicted molar refractivity (Wildman–Crippen MR) is 80.3 cm³/mol. The maximum absolute atomic E-state index is 11.6. The van der Waals surface area contributed by atoms with Gasteiger partial charge >= 0.3 is 0 Å². The molecule has 0 radical (unpaired) electrons. The SMILES string of the molecule is COC.NC1(c2ccc(CNS(=O)C3CC3)cn2)CC1. The highest BCUT2D eigenvalue weighted by Crippen LogP contribution is 2.41. The number of nitrogens with one attached hydrogen (secondary N) is 1. The first-order valence-corrected chi connectivity index (χ1v) is 8.09. The summed E-state index contributed by atoms with van der Waals surface area (Å²) in [5.74, 6) is 0. The third kappa shape index (κ3) is 4.34. The van der Waals surface area contributed by atoms with Gasteiger partial charge in [-0.2, -0.15) is 0 Å². The van der Waals surface area contributed by atoms with E-state index in [2.05, 4.69) is 14.4 Å². The molecule has 2 fully saturated rings. The van der Waals surface area contributed by atoms with Crippen LogP contribution in [0.15, 0.2) is 18.3 Å². The number of hydrogen-bond donors (Lipinski definition) is 2. The van der Waals surface area contributed by atoms with Crippen LogP contribution in [0.3, 0.4) is 0 Å². The molecule has 1 atom stereocenters. The van der Waals surface area contributed by atoms with Gasteiger partial charge in [0.15, 0.2) is 0 Å². The summed E-state index contributed by atoms with van der Waals surface area (Å²) in [6.45, 7) is 0.619. The van der Waals surface area contributed by atoms with Crippen molar-refractivity contribution in [2.75, 3.05) is 14.2 Å². The van der Waals surface area contributed by atoms with Crippen molar-refractivity contribution in [2.45, 2.75) is 43.0 Å². The number of ether oxygens (including phenoxy) is 1. The van der Waals surface area contributed by atoms with Gasteiger partial charge < -0.3 is 10.5 Å². The van der Waals surface area contributed by atoms with Gasteiger partial charge in [0.2, 0.25) is 0 Å². The first-order chi connectivity index (χ1) is 9.59. The molecule has 2 aliphatic carbocycles. The lowest BCUT2D eigenvalue weighted by molar-refractivity contribution is 0.277. The smallest absolute Gasteiger partial charge is 0.0950 e. The van der Waals surface area contributed by atoms with Crippen LogP contribution in [0.1, 0.15) is 36.9 Å². The van der Waals surface area contributed by atoms with E-state index in [-0.39, 0.29) is 5.54 Å². The Bertz CT molecular complexity index is 456. The molecule has 112 valence electrons. The highest BCUT2D eigenvalue weighted by Gasteiger charge is 2.41. The molecule has 3 N–H and O–H groups in total. The summed E-state index contributed by atoms with van der Waals surface area (Å²) in [5, 5.41) is 0.376. The number of methoxy groups -OCH3 is 1. The Hall–Kier alpha value is -0.820. The molecule has 6 heteroatoms. The molecule has 0 bridgehead atoms. The van der Waals surface area contributed by atoms with Crippen molar-refractivity contribution in [1.82, 2.24) is 9.71 Å². The van der Waals surface area contributed by atoms with E-state index in [1.54, 1.807) is 14.2 Å². The van der Waals surface area contributed by atoms with Crippen molar-refractivity contribution in [2.24, 2.45) is 5.73 Å². The minimum absolute atomic E-state index is 0.164. The lowest BCUT2D eigenvalue weighted by Crippen LogP contribution is -2.22. The molecule has 2 aliphatic rings. The molecule has 1 aromatic rings. The van der Waals surface area contributed by atoms with Crippen molar-refractivity contribution < 1.29 is 8.95 Å². The predicted octanol–water partition coefficient (Wildman–Crippen LogP) is 1.21. The van der Waals surface area contributed by atoms with E-state index in [9.17, 15) is 4.21 Å². The van der Waals surface area contributed by atoms with Crippen molar-refractivity contribution in [1.29, 1.82) is 0 Å². The molecule has 3 rings (SSSR count). The average Bonchev–Trinajstić information content (AvgIpc) is 3.33. The molecule has 1 aromatic heterocycles. The number of rotatable bonds is 5. The molecule has 5 nitrogen and oxygen atoms in total. The molecule has 1 unspecified atom stereocenters. The normalized spacial score (nSPS) is 20.8. The average molecular weight is 297 g/mol. The quantitative estimate of drug-likeness (QED) is 0.856. The molecule has 0 amide bonds.